The third-order valence-corrected chi connectivity index (χ3v) is 4.94. The van der Waals surface area contributed by atoms with Crippen molar-refractivity contribution in [1.82, 2.24) is 10.2 Å². The van der Waals surface area contributed by atoms with Crippen LogP contribution in [-0.4, -0.2) is 16.1 Å². The number of rotatable bonds is 9. The zero-order valence-corrected chi connectivity index (χ0v) is 16.9. The zero-order valence-electron chi connectivity index (χ0n) is 16.9. The maximum Gasteiger partial charge on any atom is 0.228 e. The van der Waals surface area contributed by atoms with Gasteiger partial charge in [-0.3, -0.25) is 9.89 Å². The Kier molecular flexibility index (Phi) is 6.97. The topological polar surface area (TPSA) is 67.0 Å². The predicted molar refractivity (Wildman–Crippen MR) is 109 cm³/mol. The SMILES string of the molecule is CCCC(CCC)C(=O)Nc1n[nH]c2ccc(OCc3c(F)ccc(F)c3F)cc12. The molecule has 160 valence electrons. The van der Waals surface area contributed by atoms with Gasteiger partial charge in [-0.2, -0.15) is 5.10 Å². The van der Waals surface area contributed by atoms with Crippen LogP contribution in [0, 0.1) is 23.4 Å². The van der Waals surface area contributed by atoms with Crippen molar-refractivity contribution >= 4 is 22.6 Å². The van der Waals surface area contributed by atoms with Crippen LogP contribution < -0.4 is 10.1 Å². The lowest BCUT2D eigenvalue weighted by molar-refractivity contribution is -0.120. The number of ether oxygens (including phenoxy) is 1. The zero-order chi connectivity index (χ0) is 21.7. The molecular weight excluding hydrogens is 395 g/mol. The smallest absolute Gasteiger partial charge is 0.228 e. The summed E-state index contributed by atoms with van der Waals surface area (Å²) in [4.78, 5) is 12.6. The highest BCUT2D eigenvalue weighted by molar-refractivity contribution is 6.00. The summed E-state index contributed by atoms with van der Waals surface area (Å²) in [6, 6.07) is 6.47. The molecule has 1 heterocycles. The number of nitrogens with zero attached hydrogens (tertiary/aromatic N) is 1. The lowest BCUT2D eigenvalue weighted by Gasteiger charge is -2.14. The van der Waals surface area contributed by atoms with E-state index in [0.29, 0.717) is 22.5 Å². The summed E-state index contributed by atoms with van der Waals surface area (Å²) < 4.78 is 46.4. The summed E-state index contributed by atoms with van der Waals surface area (Å²) in [7, 11) is 0. The van der Waals surface area contributed by atoms with Crippen LogP contribution in [0.3, 0.4) is 0 Å². The molecule has 8 heteroatoms. The van der Waals surface area contributed by atoms with Gasteiger partial charge in [-0.05, 0) is 43.2 Å². The second-order valence-corrected chi connectivity index (χ2v) is 7.15. The fraction of sp³-hybridized carbons (Fsp3) is 0.364. The van der Waals surface area contributed by atoms with Gasteiger partial charge in [0.05, 0.1) is 11.1 Å². The fourth-order valence-corrected chi connectivity index (χ4v) is 3.36. The van der Waals surface area contributed by atoms with Gasteiger partial charge in [-0.15, -0.1) is 0 Å². The Morgan fingerprint density at radius 1 is 1.10 bits per heavy atom. The molecule has 0 aliphatic rings. The number of benzene rings is 2. The molecule has 5 nitrogen and oxygen atoms in total. The van der Waals surface area contributed by atoms with Crippen LogP contribution in [-0.2, 0) is 11.4 Å². The maximum atomic E-state index is 13.8. The predicted octanol–water partition coefficient (Wildman–Crippen LogP) is 5.71. The summed E-state index contributed by atoms with van der Waals surface area (Å²) in [6.07, 6.45) is 3.40. The Labute approximate surface area is 172 Å². The lowest BCUT2D eigenvalue weighted by atomic mass is 9.97. The van der Waals surface area contributed by atoms with Crippen molar-refractivity contribution in [3.63, 3.8) is 0 Å². The van der Waals surface area contributed by atoms with Crippen molar-refractivity contribution in [3.05, 3.63) is 53.3 Å². The number of amides is 1. The highest BCUT2D eigenvalue weighted by atomic mass is 19.2. The van der Waals surface area contributed by atoms with E-state index in [9.17, 15) is 18.0 Å². The number of hydrogen-bond acceptors (Lipinski definition) is 3. The highest BCUT2D eigenvalue weighted by Gasteiger charge is 2.19. The van der Waals surface area contributed by atoms with E-state index in [1.54, 1.807) is 18.2 Å². The van der Waals surface area contributed by atoms with Gasteiger partial charge in [0, 0.05) is 11.3 Å². The minimum atomic E-state index is -1.27. The molecule has 0 aliphatic heterocycles. The first-order valence-corrected chi connectivity index (χ1v) is 9.98. The summed E-state index contributed by atoms with van der Waals surface area (Å²) in [5.74, 6) is -2.82. The Hall–Kier alpha value is -3.03. The lowest BCUT2D eigenvalue weighted by Crippen LogP contribution is -2.23. The molecule has 3 rings (SSSR count). The van der Waals surface area contributed by atoms with Crippen molar-refractivity contribution in [3.8, 4) is 5.75 Å². The van der Waals surface area contributed by atoms with Crippen LogP contribution in [0.15, 0.2) is 30.3 Å². The van der Waals surface area contributed by atoms with Crippen LogP contribution in [0.25, 0.3) is 10.9 Å². The molecule has 0 fully saturated rings. The number of aromatic nitrogens is 2. The third kappa shape index (κ3) is 4.75. The summed E-state index contributed by atoms with van der Waals surface area (Å²) in [5, 5.41) is 10.4. The molecule has 1 aromatic heterocycles. The molecule has 2 aromatic carbocycles. The van der Waals surface area contributed by atoms with Gasteiger partial charge in [0.2, 0.25) is 5.91 Å². The van der Waals surface area contributed by atoms with Crippen molar-refractivity contribution in [2.75, 3.05) is 5.32 Å². The number of halogens is 3. The van der Waals surface area contributed by atoms with Crippen LogP contribution >= 0.6 is 0 Å². The fourth-order valence-electron chi connectivity index (χ4n) is 3.36. The van der Waals surface area contributed by atoms with Gasteiger partial charge in [-0.1, -0.05) is 26.7 Å². The first kappa shape index (κ1) is 21.7. The van der Waals surface area contributed by atoms with Crippen LogP contribution in [0.2, 0.25) is 0 Å². The third-order valence-electron chi connectivity index (χ3n) is 4.94. The van der Waals surface area contributed by atoms with E-state index < -0.39 is 29.6 Å². The van der Waals surface area contributed by atoms with E-state index in [0.717, 1.165) is 37.8 Å². The Bertz CT molecular complexity index is 1030. The number of anilines is 1. The standard InChI is InChI=1S/C22H24F3N3O2/c1-3-5-13(6-4-2)22(29)26-21-15-11-14(7-10-19(15)27-28-21)30-12-16-17(23)8-9-18(24)20(16)25/h7-11,13H,3-6,12H2,1-2H3,(H2,26,27,28,29). The van der Waals surface area contributed by atoms with Gasteiger partial charge in [0.15, 0.2) is 17.5 Å². The molecule has 1 amide bonds. The Morgan fingerprint density at radius 2 is 1.80 bits per heavy atom. The quantitative estimate of drug-likeness (QED) is 0.436. The van der Waals surface area contributed by atoms with E-state index >= 15 is 0 Å². The number of H-pyrrole nitrogens is 1. The van der Waals surface area contributed by atoms with E-state index in [1.165, 1.54) is 0 Å². The Balaban J connectivity index is 1.78. The van der Waals surface area contributed by atoms with Crippen molar-refractivity contribution < 1.29 is 22.7 Å². The van der Waals surface area contributed by atoms with Gasteiger partial charge in [0.1, 0.15) is 18.2 Å². The average Bonchev–Trinajstić information content (AvgIpc) is 3.12. The summed E-state index contributed by atoms with van der Waals surface area (Å²) in [5.41, 5.74) is 0.182. The monoisotopic (exact) mass is 419 g/mol. The molecule has 0 unspecified atom stereocenters. The normalized spacial score (nSPS) is 11.3. The number of fused-ring (bicyclic) bond motifs is 1. The first-order valence-electron chi connectivity index (χ1n) is 9.98. The molecule has 0 saturated heterocycles. The van der Waals surface area contributed by atoms with Crippen molar-refractivity contribution in [2.24, 2.45) is 5.92 Å². The molecule has 2 N–H and O–H groups in total. The second-order valence-electron chi connectivity index (χ2n) is 7.15. The van der Waals surface area contributed by atoms with Crippen LogP contribution in [0.1, 0.15) is 45.1 Å². The molecule has 0 saturated carbocycles. The molecular formula is C22H24F3N3O2. The number of carbonyl (C=O) groups excluding carboxylic acids is 1. The van der Waals surface area contributed by atoms with Gasteiger partial charge in [0.25, 0.3) is 0 Å². The van der Waals surface area contributed by atoms with E-state index in [4.69, 9.17) is 4.74 Å². The second kappa shape index (κ2) is 9.65. The number of nitrogens with one attached hydrogen (secondary N) is 2. The van der Waals surface area contributed by atoms with Crippen LogP contribution in [0.4, 0.5) is 19.0 Å². The van der Waals surface area contributed by atoms with Crippen molar-refractivity contribution in [2.45, 2.75) is 46.1 Å². The number of carbonyl (C=O) groups is 1. The van der Waals surface area contributed by atoms with E-state index in [1.807, 2.05) is 13.8 Å². The van der Waals surface area contributed by atoms with Gasteiger partial charge >= 0.3 is 0 Å². The van der Waals surface area contributed by atoms with Gasteiger partial charge < -0.3 is 10.1 Å². The summed E-state index contributed by atoms with van der Waals surface area (Å²) >= 11 is 0. The molecule has 0 spiro atoms. The molecule has 0 radical (unpaired) electrons. The van der Waals surface area contributed by atoms with E-state index in [-0.39, 0.29) is 11.8 Å². The van der Waals surface area contributed by atoms with E-state index in [2.05, 4.69) is 15.5 Å². The highest BCUT2D eigenvalue weighted by Crippen LogP contribution is 2.27. The minimum Gasteiger partial charge on any atom is -0.489 e. The molecule has 3 aromatic rings. The first-order chi connectivity index (χ1) is 14.4. The Morgan fingerprint density at radius 3 is 2.50 bits per heavy atom. The van der Waals surface area contributed by atoms with Gasteiger partial charge in [-0.25, -0.2) is 13.2 Å². The number of hydrogen-bond donors (Lipinski definition) is 2. The summed E-state index contributed by atoms with van der Waals surface area (Å²) in [6.45, 7) is 3.59. The molecule has 30 heavy (non-hydrogen) atoms. The largest absolute Gasteiger partial charge is 0.489 e. The van der Waals surface area contributed by atoms with Crippen molar-refractivity contribution in [1.29, 1.82) is 0 Å². The average molecular weight is 419 g/mol. The molecule has 0 bridgehead atoms. The maximum absolute atomic E-state index is 13.8. The molecule has 0 atom stereocenters. The van der Waals surface area contributed by atoms with Crippen LogP contribution in [0.5, 0.6) is 5.75 Å². The number of aromatic amines is 1. The molecule has 0 aliphatic carbocycles. The minimum absolute atomic E-state index is 0.0925.